The minimum Gasteiger partial charge on any atom is -0.487 e. The highest BCUT2D eigenvalue weighted by molar-refractivity contribution is 6.30. The summed E-state index contributed by atoms with van der Waals surface area (Å²) in [6, 6.07) is 15.5. The minimum absolute atomic E-state index is 0.159. The van der Waals surface area contributed by atoms with Gasteiger partial charge in [-0.2, -0.15) is 0 Å². The lowest BCUT2D eigenvalue weighted by Crippen LogP contribution is -2.31. The van der Waals surface area contributed by atoms with Gasteiger partial charge in [0.25, 0.3) is 0 Å². The summed E-state index contributed by atoms with van der Waals surface area (Å²) in [5, 5.41) is 11.0. The molecule has 0 saturated carbocycles. The van der Waals surface area contributed by atoms with Crippen LogP contribution in [-0.2, 0) is 12.8 Å². The average Bonchev–Trinajstić information content (AvgIpc) is 2.85. The second-order valence-corrected chi connectivity index (χ2v) is 5.30. The van der Waals surface area contributed by atoms with Crippen LogP contribution in [0.4, 0.5) is 0 Å². The quantitative estimate of drug-likeness (QED) is 0.931. The van der Waals surface area contributed by atoms with E-state index >= 15 is 0 Å². The summed E-state index contributed by atoms with van der Waals surface area (Å²) in [6.07, 6.45) is 0.683. The topological polar surface area (TPSA) is 29.5 Å². The van der Waals surface area contributed by atoms with Crippen LogP contribution in [0.3, 0.4) is 0 Å². The van der Waals surface area contributed by atoms with Crippen molar-refractivity contribution in [2.75, 3.05) is 0 Å². The molecule has 98 valence electrons. The zero-order chi connectivity index (χ0) is 13.2. The van der Waals surface area contributed by atoms with Crippen LogP contribution in [0.25, 0.3) is 0 Å². The number of ether oxygens (including phenoxy) is 1. The summed E-state index contributed by atoms with van der Waals surface area (Å²) >= 11 is 5.85. The van der Waals surface area contributed by atoms with Gasteiger partial charge >= 0.3 is 0 Å². The Kier molecular flexibility index (Phi) is 3.45. The van der Waals surface area contributed by atoms with E-state index in [0.717, 1.165) is 17.7 Å². The first-order valence-corrected chi connectivity index (χ1v) is 6.77. The van der Waals surface area contributed by atoms with Crippen LogP contribution >= 0.6 is 11.6 Å². The first kappa shape index (κ1) is 12.5. The Bertz CT molecular complexity index is 540. The highest BCUT2D eigenvalue weighted by Crippen LogP contribution is 2.30. The monoisotopic (exact) mass is 274 g/mol. The SMILES string of the molecule is OC(Cc1ccc(Cl)cc1)C1Cc2ccccc2O1. The molecule has 0 saturated heterocycles. The van der Waals surface area contributed by atoms with Crippen LogP contribution < -0.4 is 4.74 Å². The molecule has 1 aliphatic rings. The molecule has 2 aromatic carbocycles. The molecule has 2 aromatic rings. The van der Waals surface area contributed by atoms with Crippen LogP contribution in [0.2, 0.25) is 5.02 Å². The second-order valence-electron chi connectivity index (χ2n) is 4.87. The van der Waals surface area contributed by atoms with Crippen LogP contribution in [0.5, 0.6) is 5.75 Å². The first-order valence-electron chi connectivity index (χ1n) is 6.39. The molecule has 0 aliphatic carbocycles. The predicted molar refractivity (Wildman–Crippen MR) is 75.7 cm³/mol. The van der Waals surface area contributed by atoms with Crippen LogP contribution in [0.1, 0.15) is 11.1 Å². The number of hydrogen-bond acceptors (Lipinski definition) is 2. The summed E-state index contributed by atoms with van der Waals surface area (Å²) in [4.78, 5) is 0. The minimum atomic E-state index is -0.506. The van der Waals surface area contributed by atoms with Crippen molar-refractivity contribution in [2.24, 2.45) is 0 Å². The molecular weight excluding hydrogens is 260 g/mol. The third-order valence-electron chi connectivity index (χ3n) is 3.46. The van der Waals surface area contributed by atoms with E-state index in [0.29, 0.717) is 11.4 Å². The normalized spacial score (nSPS) is 18.7. The summed E-state index contributed by atoms with van der Waals surface area (Å²) in [5.41, 5.74) is 2.24. The zero-order valence-corrected chi connectivity index (χ0v) is 11.2. The zero-order valence-electron chi connectivity index (χ0n) is 10.4. The number of aliphatic hydroxyl groups is 1. The Hall–Kier alpha value is -1.51. The molecule has 1 N–H and O–H groups in total. The van der Waals surface area contributed by atoms with E-state index in [2.05, 4.69) is 0 Å². The molecule has 1 aliphatic heterocycles. The predicted octanol–water partition coefficient (Wildman–Crippen LogP) is 3.25. The number of para-hydroxylation sites is 1. The Morgan fingerprint density at radius 3 is 2.63 bits per heavy atom. The number of benzene rings is 2. The van der Waals surface area contributed by atoms with Crippen molar-refractivity contribution in [3.05, 3.63) is 64.7 Å². The average molecular weight is 275 g/mol. The van der Waals surface area contributed by atoms with Crippen molar-refractivity contribution in [3.63, 3.8) is 0 Å². The molecule has 0 bridgehead atoms. The van der Waals surface area contributed by atoms with Crippen LogP contribution in [0, 0.1) is 0 Å². The fourth-order valence-electron chi connectivity index (χ4n) is 2.42. The Morgan fingerprint density at radius 2 is 1.89 bits per heavy atom. The lowest BCUT2D eigenvalue weighted by molar-refractivity contribution is 0.0503. The summed E-state index contributed by atoms with van der Waals surface area (Å²) in [7, 11) is 0. The van der Waals surface area contributed by atoms with E-state index in [-0.39, 0.29) is 6.10 Å². The fraction of sp³-hybridized carbons (Fsp3) is 0.250. The highest BCUT2D eigenvalue weighted by Gasteiger charge is 2.28. The number of fused-ring (bicyclic) bond motifs is 1. The van der Waals surface area contributed by atoms with E-state index in [1.54, 1.807) is 0 Å². The van der Waals surface area contributed by atoms with Crippen molar-refractivity contribution < 1.29 is 9.84 Å². The molecule has 1 heterocycles. The van der Waals surface area contributed by atoms with Crippen molar-refractivity contribution in [2.45, 2.75) is 25.0 Å². The van der Waals surface area contributed by atoms with E-state index in [1.165, 1.54) is 5.56 Å². The van der Waals surface area contributed by atoms with Crippen molar-refractivity contribution in [3.8, 4) is 5.75 Å². The molecule has 2 nitrogen and oxygen atoms in total. The van der Waals surface area contributed by atoms with Crippen molar-refractivity contribution >= 4 is 11.6 Å². The van der Waals surface area contributed by atoms with Gasteiger partial charge in [0.15, 0.2) is 0 Å². The van der Waals surface area contributed by atoms with Crippen molar-refractivity contribution in [1.29, 1.82) is 0 Å². The number of aliphatic hydroxyl groups excluding tert-OH is 1. The van der Waals surface area contributed by atoms with Gasteiger partial charge in [0.05, 0.1) is 6.10 Å². The molecule has 0 fully saturated rings. The van der Waals surface area contributed by atoms with Gasteiger partial charge in [-0.1, -0.05) is 41.9 Å². The molecular formula is C16H15ClO2. The van der Waals surface area contributed by atoms with Gasteiger partial charge in [-0.05, 0) is 29.3 Å². The molecule has 3 heteroatoms. The molecule has 3 rings (SSSR count). The summed E-state index contributed by atoms with van der Waals surface area (Å²) < 4.78 is 5.79. The van der Waals surface area contributed by atoms with Crippen LogP contribution in [0.15, 0.2) is 48.5 Å². The van der Waals surface area contributed by atoms with E-state index < -0.39 is 6.10 Å². The lowest BCUT2D eigenvalue weighted by Gasteiger charge is -2.18. The van der Waals surface area contributed by atoms with E-state index in [4.69, 9.17) is 16.3 Å². The van der Waals surface area contributed by atoms with Crippen LogP contribution in [-0.4, -0.2) is 17.3 Å². The molecule has 0 radical (unpaired) electrons. The summed E-state index contributed by atoms with van der Waals surface area (Å²) in [5.74, 6) is 0.891. The van der Waals surface area contributed by atoms with Gasteiger partial charge in [-0.3, -0.25) is 0 Å². The number of halogens is 1. The first-order chi connectivity index (χ1) is 9.22. The second kappa shape index (κ2) is 5.24. The van der Waals surface area contributed by atoms with Crippen molar-refractivity contribution in [1.82, 2.24) is 0 Å². The number of hydrogen-bond donors (Lipinski definition) is 1. The van der Waals surface area contributed by atoms with Gasteiger partial charge in [0, 0.05) is 17.9 Å². The highest BCUT2D eigenvalue weighted by atomic mass is 35.5. The van der Waals surface area contributed by atoms with Gasteiger partial charge in [0.2, 0.25) is 0 Å². The maximum absolute atomic E-state index is 10.3. The third kappa shape index (κ3) is 2.75. The maximum atomic E-state index is 10.3. The maximum Gasteiger partial charge on any atom is 0.129 e. The molecule has 2 atom stereocenters. The molecule has 19 heavy (non-hydrogen) atoms. The largest absolute Gasteiger partial charge is 0.487 e. The molecule has 0 aromatic heterocycles. The number of rotatable bonds is 3. The van der Waals surface area contributed by atoms with Gasteiger partial charge in [-0.15, -0.1) is 0 Å². The fourth-order valence-corrected chi connectivity index (χ4v) is 2.54. The Balaban J connectivity index is 1.66. The van der Waals surface area contributed by atoms with Gasteiger partial charge in [0.1, 0.15) is 11.9 Å². The van der Waals surface area contributed by atoms with Gasteiger partial charge in [-0.25, -0.2) is 0 Å². The standard InChI is InChI=1S/C16H15ClO2/c17-13-7-5-11(6-8-13)9-14(18)16-10-12-3-1-2-4-15(12)19-16/h1-8,14,16,18H,9-10H2. The molecule has 0 amide bonds. The smallest absolute Gasteiger partial charge is 0.129 e. The van der Waals surface area contributed by atoms with Gasteiger partial charge < -0.3 is 9.84 Å². The van der Waals surface area contributed by atoms with E-state index in [9.17, 15) is 5.11 Å². The third-order valence-corrected chi connectivity index (χ3v) is 3.71. The summed E-state index contributed by atoms with van der Waals surface area (Å²) in [6.45, 7) is 0. The lowest BCUT2D eigenvalue weighted by atomic mass is 10.0. The Labute approximate surface area is 117 Å². The Morgan fingerprint density at radius 1 is 1.16 bits per heavy atom. The van der Waals surface area contributed by atoms with E-state index in [1.807, 2.05) is 48.5 Å². The molecule has 2 unspecified atom stereocenters. The molecule has 0 spiro atoms.